The van der Waals surface area contributed by atoms with Gasteiger partial charge in [0.2, 0.25) is 0 Å². The molecule has 0 saturated heterocycles. The third-order valence-electron chi connectivity index (χ3n) is 2.46. The van der Waals surface area contributed by atoms with Crippen molar-refractivity contribution in [1.82, 2.24) is 9.47 Å². The molecular formula is C11H13N3O5. The molecule has 0 saturated carbocycles. The monoisotopic (exact) mass is 267 g/mol. The fourth-order valence-electron chi connectivity index (χ4n) is 1.60. The molecule has 102 valence electrons. The van der Waals surface area contributed by atoms with E-state index in [9.17, 15) is 19.7 Å². The fraction of sp³-hybridized carbons (Fsp3) is 0.273. The Balaban J connectivity index is 3.06. The minimum atomic E-state index is -1.17. The summed E-state index contributed by atoms with van der Waals surface area (Å²) in [4.78, 5) is 33.9. The summed E-state index contributed by atoms with van der Waals surface area (Å²) < 4.78 is 1.11. The van der Waals surface area contributed by atoms with E-state index in [4.69, 9.17) is 5.11 Å². The van der Waals surface area contributed by atoms with Crippen LogP contribution in [0.5, 0.6) is 0 Å². The van der Waals surface area contributed by atoms with Crippen LogP contribution >= 0.6 is 0 Å². The SMILES string of the molecule is C=CCN(CC(=O)O)C(=O)c1ccc([N+](=O)[O-])n1C. The fourth-order valence-corrected chi connectivity index (χ4v) is 1.60. The van der Waals surface area contributed by atoms with Crippen molar-refractivity contribution in [2.24, 2.45) is 7.05 Å². The Morgan fingerprint density at radius 2 is 2.21 bits per heavy atom. The average Bonchev–Trinajstić information content (AvgIpc) is 2.69. The predicted octanol–water partition coefficient (Wildman–Crippen LogP) is 0.646. The van der Waals surface area contributed by atoms with Crippen LogP contribution in [0.1, 0.15) is 10.5 Å². The molecule has 1 aromatic rings. The zero-order chi connectivity index (χ0) is 14.6. The summed E-state index contributed by atoms with van der Waals surface area (Å²) in [6.45, 7) is 2.99. The lowest BCUT2D eigenvalue weighted by Crippen LogP contribution is -2.36. The third-order valence-corrected chi connectivity index (χ3v) is 2.46. The number of nitrogens with zero attached hydrogens (tertiary/aromatic N) is 3. The van der Waals surface area contributed by atoms with Gasteiger partial charge in [0.1, 0.15) is 6.54 Å². The quantitative estimate of drug-likeness (QED) is 0.462. The van der Waals surface area contributed by atoms with Gasteiger partial charge in [-0.15, -0.1) is 6.58 Å². The summed E-state index contributed by atoms with van der Waals surface area (Å²) >= 11 is 0. The van der Waals surface area contributed by atoms with Gasteiger partial charge >= 0.3 is 11.8 Å². The number of carboxylic acid groups (broad SMARTS) is 1. The highest BCUT2D eigenvalue weighted by molar-refractivity contribution is 5.95. The highest BCUT2D eigenvalue weighted by atomic mass is 16.6. The molecule has 1 N–H and O–H groups in total. The first kappa shape index (κ1) is 14.4. The average molecular weight is 267 g/mol. The standard InChI is InChI=1S/C11H13N3O5/c1-3-6-13(7-10(15)16)11(17)8-4-5-9(12(8)2)14(18)19/h3-5H,1,6-7H2,2H3,(H,15,16). The van der Waals surface area contributed by atoms with Crippen LogP contribution in [-0.4, -0.2) is 44.5 Å². The number of carbonyl (C=O) groups is 2. The van der Waals surface area contributed by atoms with Gasteiger partial charge in [-0.25, -0.2) is 4.57 Å². The molecule has 1 heterocycles. The van der Waals surface area contributed by atoms with Crippen molar-refractivity contribution in [3.63, 3.8) is 0 Å². The molecule has 19 heavy (non-hydrogen) atoms. The number of aliphatic carboxylic acids is 1. The Kier molecular flexibility index (Phi) is 4.41. The van der Waals surface area contributed by atoms with E-state index in [0.29, 0.717) is 0 Å². The first-order valence-electron chi connectivity index (χ1n) is 5.30. The van der Waals surface area contributed by atoms with Gasteiger partial charge < -0.3 is 20.1 Å². The molecule has 8 heteroatoms. The maximum absolute atomic E-state index is 12.1. The summed E-state index contributed by atoms with van der Waals surface area (Å²) in [5, 5.41) is 19.4. The Labute approximate surface area is 108 Å². The maximum Gasteiger partial charge on any atom is 0.323 e. The first-order chi connectivity index (χ1) is 8.88. The van der Waals surface area contributed by atoms with E-state index in [-0.39, 0.29) is 18.1 Å². The molecule has 0 radical (unpaired) electrons. The van der Waals surface area contributed by atoms with Crippen molar-refractivity contribution < 1.29 is 19.6 Å². The molecule has 8 nitrogen and oxygen atoms in total. The van der Waals surface area contributed by atoms with Crippen LogP contribution in [0.15, 0.2) is 24.8 Å². The number of hydrogen-bond donors (Lipinski definition) is 1. The van der Waals surface area contributed by atoms with E-state index >= 15 is 0 Å². The van der Waals surface area contributed by atoms with Crippen LogP contribution in [0, 0.1) is 10.1 Å². The Morgan fingerprint density at radius 1 is 1.58 bits per heavy atom. The number of nitro groups is 1. The van der Waals surface area contributed by atoms with Crippen molar-refractivity contribution in [2.75, 3.05) is 13.1 Å². The highest BCUT2D eigenvalue weighted by Gasteiger charge is 2.25. The second-order valence-corrected chi connectivity index (χ2v) is 3.76. The first-order valence-corrected chi connectivity index (χ1v) is 5.30. The topological polar surface area (TPSA) is 106 Å². The molecule has 0 atom stereocenters. The number of carboxylic acids is 1. The van der Waals surface area contributed by atoms with Crippen molar-refractivity contribution in [1.29, 1.82) is 0 Å². The number of hydrogen-bond acceptors (Lipinski definition) is 4. The Bertz CT molecular complexity index is 534. The van der Waals surface area contributed by atoms with Crippen LogP contribution in [0.3, 0.4) is 0 Å². The van der Waals surface area contributed by atoms with Crippen LogP contribution in [0.2, 0.25) is 0 Å². The minimum absolute atomic E-state index is 0.0457. The van der Waals surface area contributed by atoms with E-state index in [1.807, 2.05) is 0 Å². The summed E-state index contributed by atoms with van der Waals surface area (Å²) in [7, 11) is 1.37. The molecule has 0 aliphatic heterocycles. The molecule has 1 rings (SSSR count). The molecule has 0 aromatic carbocycles. The molecule has 0 spiro atoms. The molecule has 1 amide bonds. The van der Waals surface area contributed by atoms with Gasteiger partial charge in [0.15, 0.2) is 5.69 Å². The van der Waals surface area contributed by atoms with Gasteiger partial charge in [-0.1, -0.05) is 6.08 Å². The minimum Gasteiger partial charge on any atom is -0.480 e. The van der Waals surface area contributed by atoms with E-state index in [0.717, 1.165) is 9.47 Å². The Hall–Kier alpha value is -2.64. The van der Waals surface area contributed by atoms with Gasteiger partial charge in [0, 0.05) is 12.6 Å². The van der Waals surface area contributed by atoms with Gasteiger partial charge in [-0.3, -0.25) is 9.59 Å². The van der Waals surface area contributed by atoms with E-state index in [2.05, 4.69) is 6.58 Å². The number of carbonyl (C=O) groups excluding carboxylic acids is 1. The lowest BCUT2D eigenvalue weighted by atomic mass is 10.3. The molecule has 0 bridgehead atoms. The number of aromatic nitrogens is 1. The van der Waals surface area contributed by atoms with E-state index < -0.39 is 23.3 Å². The predicted molar refractivity (Wildman–Crippen MR) is 65.8 cm³/mol. The zero-order valence-corrected chi connectivity index (χ0v) is 10.3. The lowest BCUT2D eigenvalue weighted by molar-refractivity contribution is -0.391. The van der Waals surface area contributed by atoms with Gasteiger partial charge in [0.05, 0.1) is 7.05 Å². The molecule has 0 aliphatic carbocycles. The number of amides is 1. The second-order valence-electron chi connectivity index (χ2n) is 3.76. The number of rotatable bonds is 6. The van der Waals surface area contributed by atoms with Crippen LogP contribution in [0.25, 0.3) is 0 Å². The smallest absolute Gasteiger partial charge is 0.323 e. The van der Waals surface area contributed by atoms with Crippen molar-refractivity contribution in [3.8, 4) is 0 Å². The zero-order valence-electron chi connectivity index (χ0n) is 10.3. The molecule has 0 fully saturated rings. The molecule has 0 unspecified atom stereocenters. The largest absolute Gasteiger partial charge is 0.480 e. The van der Waals surface area contributed by atoms with Gasteiger partial charge in [0.25, 0.3) is 5.91 Å². The van der Waals surface area contributed by atoms with E-state index in [1.165, 1.54) is 25.3 Å². The summed E-state index contributed by atoms with van der Waals surface area (Å²) in [6.07, 6.45) is 1.39. The Morgan fingerprint density at radius 3 is 2.63 bits per heavy atom. The third kappa shape index (κ3) is 3.18. The van der Waals surface area contributed by atoms with Crippen LogP contribution < -0.4 is 0 Å². The summed E-state index contributed by atoms with van der Waals surface area (Å²) in [5.74, 6) is -2.01. The van der Waals surface area contributed by atoms with Crippen molar-refractivity contribution in [3.05, 3.63) is 40.6 Å². The molecular weight excluding hydrogens is 254 g/mol. The summed E-state index contributed by atoms with van der Waals surface area (Å²) in [6, 6.07) is 2.48. The molecule has 1 aromatic heterocycles. The van der Waals surface area contributed by atoms with Gasteiger partial charge in [-0.05, 0) is 11.0 Å². The summed E-state index contributed by atoms with van der Waals surface area (Å²) in [5.41, 5.74) is 0.0507. The van der Waals surface area contributed by atoms with Crippen LogP contribution in [0.4, 0.5) is 5.82 Å². The molecule has 0 aliphatic rings. The highest BCUT2D eigenvalue weighted by Crippen LogP contribution is 2.16. The van der Waals surface area contributed by atoms with Crippen molar-refractivity contribution in [2.45, 2.75) is 0 Å². The second kappa shape index (κ2) is 5.80. The van der Waals surface area contributed by atoms with Crippen molar-refractivity contribution >= 4 is 17.7 Å². The maximum atomic E-state index is 12.1. The lowest BCUT2D eigenvalue weighted by Gasteiger charge is -2.17. The van der Waals surface area contributed by atoms with Crippen LogP contribution in [-0.2, 0) is 11.8 Å². The van der Waals surface area contributed by atoms with Gasteiger partial charge in [-0.2, -0.15) is 0 Å². The normalized spacial score (nSPS) is 9.95. The van der Waals surface area contributed by atoms with E-state index in [1.54, 1.807) is 0 Å².